The summed E-state index contributed by atoms with van der Waals surface area (Å²) in [6.45, 7) is 1.78. The lowest BCUT2D eigenvalue weighted by Gasteiger charge is -2.12. The SMILES string of the molecule is Cc1nc2ccccc2c(=O)n1-c1ccc(C(=O)Nc2sccc2C(=O)NC2CC2)cc1. The molecule has 4 aromatic rings. The second-order valence-corrected chi connectivity index (χ2v) is 8.64. The molecule has 2 aromatic carbocycles. The normalized spacial score (nSPS) is 13.2. The number of thiophene rings is 1. The Morgan fingerprint density at radius 1 is 1.03 bits per heavy atom. The van der Waals surface area contributed by atoms with Crippen molar-refractivity contribution in [1.82, 2.24) is 14.9 Å². The molecule has 1 fully saturated rings. The third-order valence-corrected chi connectivity index (χ3v) is 6.21. The number of amides is 2. The first-order chi connectivity index (χ1) is 15.5. The van der Waals surface area contributed by atoms with E-state index >= 15 is 0 Å². The lowest BCUT2D eigenvalue weighted by Crippen LogP contribution is -2.26. The molecule has 2 aromatic heterocycles. The van der Waals surface area contributed by atoms with Gasteiger partial charge in [-0.1, -0.05) is 12.1 Å². The fourth-order valence-corrected chi connectivity index (χ4v) is 4.34. The predicted molar refractivity (Wildman–Crippen MR) is 125 cm³/mol. The summed E-state index contributed by atoms with van der Waals surface area (Å²) in [6, 6.07) is 15.9. The van der Waals surface area contributed by atoms with Crippen molar-refractivity contribution in [2.45, 2.75) is 25.8 Å². The Kier molecular flexibility index (Phi) is 5.07. The van der Waals surface area contributed by atoms with Crippen molar-refractivity contribution in [2.75, 3.05) is 5.32 Å². The average Bonchev–Trinajstić information content (AvgIpc) is 3.48. The molecule has 1 saturated carbocycles. The number of aryl methyl sites for hydroxylation is 1. The predicted octanol–water partition coefficient (Wildman–Crippen LogP) is 3.90. The molecule has 8 heteroatoms. The molecule has 160 valence electrons. The van der Waals surface area contributed by atoms with E-state index < -0.39 is 0 Å². The van der Waals surface area contributed by atoms with E-state index in [0.717, 1.165) is 12.8 Å². The van der Waals surface area contributed by atoms with Crippen LogP contribution in [0, 0.1) is 6.92 Å². The molecule has 0 radical (unpaired) electrons. The average molecular weight is 445 g/mol. The molecule has 0 saturated heterocycles. The largest absolute Gasteiger partial charge is 0.349 e. The summed E-state index contributed by atoms with van der Waals surface area (Å²) in [6.07, 6.45) is 2.00. The van der Waals surface area contributed by atoms with Crippen molar-refractivity contribution in [2.24, 2.45) is 0 Å². The van der Waals surface area contributed by atoms with Crippen LogP contribution in [0.5, 0.6) is 0 Å². The van der Waals surface area contributed by atoms with Crippen molar-refractivity contribution in [1.29, 1.82) is 0 Å². The molecule has 0 unspecified atom stereocenters. The number of carbonyl (C=O) groups is 2. The Hall–Kier alpha value is -3.78. The molecule has 7 nitrogen and oxygen atoms in total. The molecule has 0 spiro atoms. The van der Waals surface area contributed by atoms with Gasteiger partial charge in [-0.15, -0.1) is 11.3 Å². The van der Waals surface area contributed by atoms with Gasteiger partial charge in [-0.2, -0.15) is 0 Å². The Morgan fingerprint density at radius 3 is 2.53 bits per heavy atom. The molecule has 5 rings (SSSR count). The zero-order valence-electron chi connectivity index (χ0n) is 17.3. The van der Waals surface area contributed by atoms with Crippen molar-refractivity contribution >= 4 is 39.1 Å². The zero-order valence-corrected chi connectivity index (χ0v) is 18.1. The smallest absolute Gasteiger partial charge is 0.265 e. The van der Waals surface area contributed by atoms with E-state index in [1.165, 1.54) is 15.9 Å². The molecule has 2 heterocycles. The number of carbonyl (C=O) groups excluding carboxylic acids is 2. The topological polar surface area (TPSA) is 93.1 Å². The lowest BCUT2D eigenvalue weighted by atomic mass is 10.1. The van der Waals surface area contributed by atoms with Crippen molar-refractivity contribution in [3.63, 3.8) is 0 Å². The molecule has 0 aliphatic heterocycles. The van der Waals surface area contributed by atoms with Crippen molar-refractivity contribution in [3.8, 4) is 5.69 Å². The van der Waals surface area contributed by atoms with Gasteiger partial charge in [0.05, 0.1) is 22.2 Å². The summed E-state index contributed by atoms with van der Waals surface area (Å²) in [5, 5.41) is 8.60. The number of benzene rings is 2. The van der Waals surface area contributed by atoms with Gasteiger partial charge in [0.25, 0.3) is 17.4 Å². The molecule has 32 heavy (non-hydrogen) atoms. The summed E-state index contributed by atoms with van der Waals surface area (Å²) in [5.41, 5.74) is 2.02. The van der Waals surface area contributed by atoms with E-state index in [-0.39, 0.29) is 23.4 Å². The van der Waals surface area contributed by atoms with Crippen LogP contribution in [-0.4, -0.2) is 27.4 Å². The van der Waals surface area contributed by atoms with Crippen LogP contribution in [0.3, 0.4) is 0 Å². The summed E-state index contributed by atoms with van der Waals surface area (Å²) in [7, 11) is 0. The quantitative estimate of drug-likeness (QED) is 0.488. The highest BCUT2D eigenvalue weighted by molar-refractivity contribution is 7.14. The maximum Gasteiger partial charge on any atom is 0.265 e. The van der Waals surface area contributed by atoms with Crippen LogP contribution in [0.2, 0.25) is 0 Å². The number of hydrogen-bond donors (Lipinski definition) is 2. The summed E-state index contributed by atoms with van der Waals surface area (Å²) in [5.74, 6) is 0.0778. The van der Waals surface area contributed by atoms with Gasteiger partial charge in [-0.25, -0.2) is 4.98 Å². The second-order valence-electron chi connectivity index (χ2n) is 7.73. The highest BCUT2D eigenvalue weighted by atomic mass is 32.1. The van der Waals surface area contributed by atoms with Gasteiger partial charge in [0.1, 0.15) is 10.8 Å². The van der Waals surface area contributed by atoms with Gasteiger partial charge in [0.2, 0.25) is 0 Å². The van der Waals surface area contributed by atoms with Crippen molar-refractivity contribution < 1.29 is 9.59 Å². The number of fused-ring (bicyclic) bond motifs is 1. The number of rotatable bonds is 5. The van der Waals surface area contributed by atoms with Gasteiger partial charge < -0.3 is 10.6 Å². The molecule has 2 N–H and O–H groups in total. The first-order valence-corrected chi connectivity index (χ1v) is 11.2. The summed E-state index contributed by atoms with van der Waals surface area (Å²) in [4.78, 5) is 42.6. The van der Waals surface area contributed by atoms with Gasteiger partial charge in [0.15, 0.2) is 0 Å². The van der Waals surface area contributed by atoms with E-state index in [4.69, 9.17) is 0 Å². The number of anilines is 1. The minimum Gasteiger partial charge on any atom is -0.349 e. The standard InChI is InChI=1S/C24H20N4O3S/c1-14-25-20-5-3-2-4-18(20)24(31)28(14)17-10-6-15(7-11-17)21(29)27-23-19(12-13-32-23)22(30)26-16-8-9-16/h2-7,10-13,16H,8-9H2,1H3,(H,26,30)(H,27,29). The van der Waals surface area contributed by atoms with E-state index in [9.17, 15) is 14.4 Å². The molecular weight excluding hydrogens is 424 g/mol. The number of nitrogens with one attached hydrogen (secondary N) is 2. The van der Waals surface area contributed by atoms with Gasteiger partial charge >= 0.3 is 0 Å². The van der Waals surface area contributed by atoms with E-state index in [1.807, 2.05) is 18.2 Å². The maximum absolute atomic E-state index is 13.0. The van der Waals surface area contributed by atoms with Crippen LogP contribution in [0.25, 0.3) is 16.6 Å². The summed E-state index contributed by atoms with van der Waals surface area (Å²) < 4.78 is 1.53. The van der Waals surface area contributed by atoms with Gasteiger partial charge in [-0.3, -0.25) is 19.0 Å². The first kappa shape index (κ1) is 20.1. The van der Waals surface area contributed by atoms with Crippen LogP contribution in [0.1, 0.15) is 39.4 Å². The monoisotopic (exact) mass is 444 g/mol. The minimum absolute atomic E-state index is 0.157. The van der Waals surface area contributed by atoms with Crippen LogP contribution in [0.15, 0.2) is 64.8 Å². The highest BCUT2D eigenvalue weighted by Gasteiger charge is 2.25. The number of aromatic nitrogens is 2. The highest BCUT2D eigenvalue weighted by Crippen LogP contribution is 2.26. The van der Waals surface area contributed by atoms with E-state index in [2.05, 4.69) is 15.6 Å². The second kappa shape index (κ2) is 8.05. The fraction of sp³-hybridized carbons (Fsp3) is 0.167. The molecule has 1 aliphatic rings. The van der Waals surface area contributed by atoms with E-state index in [1.54, 1.807) is 48.7 Å². The van der Waals surface area contributed by atoms with Gasteiger partial charge in [-0.05, 0) is 67.6 Å². The summed E-state index contributed by atoms with van der Waals surface area (Å²) >= 11 is 1.31. The maximum atomic E-state index is 13.0. The molecule has 1 aliphatic carbocycles. The van der Waals surface area contributed by atoms with Crippen LogP contribution < -0.4 is 16.2 Å². The number of hydrogen-bond acceptors (Lipinski definition) is 5. The van der Waals surface area contributed by atoms with Crippen LogP contribution >= 0.6 is 11.3 Å². The van der Waals surface area contributed by atoms with E-state index in [0.29, 0.717) is 38.5 Å². The minimum atomic E-state index is -0.319. The Balaban J connectivity index is 1.38. The van der Waals surface area contributed by atoms with Gasteiger partial charge in [0, 0.05) is 11.6 Å². The zero-order chi connectivity index (χ0) is 22.2. The van der Waals surface area contributed by atoms with Crippen LogP contribution in [0.4, 0.5) is 5.00 Å². The Bertz CT molecular complexity index is 1400. The lowest BCUT2D eigenvalue weighted by molar-refractivity contribution is 0.0952. The Labute approximate surface area is 187 Å². The fourth-order valence-electron chi connectivity index (χ4n) is 3.56. The first-order valence-electron chi connectivity index (χ1n) is 10.3. The molecular formula is C24H20N4O3S. The van der Waals surface area contributed by atoms with Crippen molar-refractivity contribution in [3.05, 3.63) is 87.3 Å². The number of nitrogens with zero attached hydrogens (tertiary/aromatic N) is 2. The third kappa shape index (κ3) is 3.80. The van der Waals surface area contributed by atoms with Crippen LogP contribution in [-0.2, 0) is 0 Å². The number of para-hydroxylation sites is 1. The Morgan fingerprint density at radius 2 is 1.78 bits per heavy atom. The third-order valence-electron chi connectivity index (χ3n) is 5.38. The molecule has 0 bridgehead atoms. The molecule has 2 amide bonds. The molecule has 0 atom stereocenters.